The van der Waals surface area contributed by atoms with E-state index in [1.165, 1.54) is 5.56 Å². The highest BCUT2D eigenvalue weighted by Gasteiger charge is 2.09. The summed E-state index contributed by atoms with van der Waals surface area (Å²) in [6, 6.07) is 7.19. The van der Waals surface area contributed by atoms with Crippen LogP contribution in [-0.4, -0.2) is 17.1 Å². The number of aliphatic carboxylic acids is 1. The van der Waals surface area contributed by atoms with Gasteiger partial charge in [0.25, 0.3) is 0 Å². The molecule has 0 aliphatic carbocycles. The predicted octanol–water partition coefficient (Wildman–Crippen LogP) is 3.24. The Hall–Kier alpha value is -1.06. The zero-order valence-corrected chi connectivity index (χ0v) is 11.2. The van der Waals surface area contributed by atoms with Crippen LogP contribution in [0, 0.1) is 0 Å². The molecule has 0 heterocycles. The first-order valence-corrected chi connectivity index (χ1v) is 6.70. The quantitative estimate of drug-likeness (QED) is 0.712. The van der Waals surface area contributed by atoms with Gasteiger partial charge in [-0.15, -0.1) is 0 Å². The Kier molecular flexibility index (Phi) is 6.76. The van der Waals surface area contributed by atoms with E-state index >= 15 is 0 Å². The molecule has 4 heteroatoms. The molecular weight excluding hydrogens is 250 g/mol. The first-order chi connectivity index (χ1) is 8.59. The maximum absolute atomic E-state index is 10.5. The molecule has 0 aliphatic rings. The minimum Gasteiger partial charge on any atom is -0.480 e. The minimum absolute atomic E-state index is 0.566. The second-order valence-corrected chi connectivity index (χ2v) is 4.96. The van der Waals surface area contributed by atoms with Crippen LogP contribution in [0.1, 0.15) is 37.7 Å². The van der Waals surface area contributed by atoms with Crippen LogP contribution in [0.25, 0.3) is 0 Å². The Labute approximate surface area is 113 Å². The normalized spacial score (nSPS) is 12.3. The number of nitrogens with two attached hydrogens (primary N) is 1. The Balaban J connectivity index is 2.05. The van der Waals surface area contributed by atoms with Crippen LogP contribution in [0.2, 0.25) is 5.02 Å². The van der Waals surface area contributed by atoms with Crippen molar-refractivity contribution in [3.63, 3.8) is 0 Å². The van der Waals surface area contributed by atoms with Crippen LogP contribution >= 0.6 is 11.6 Å². The summed E-state index contributed by atoms with van der Waals surface area (Å²) < 4.78 is 0. The number of unbranched alkanes of at least 4 members (excludes halogenated alkanes) is 3. The fourth-order valence-electron chi connectivity index (χ4n) is 1.82. The third kappa shape index (κ3) is 6.03. The highest BCUT2D eigenvalue weighted by atomic mass is 35.5. The van der Waals surface area contributed by atoms with Crippen LogP contribution in [0.4, 0.5) is 0 Å². The molecule has 18 heavy (non-hydrogen) atoms. The third-order valence-corrected chi connectivity index (χ3v) is 3.21. The molecule has 3 nitrogen and oxygen atoms in total. The Bertz CT molecular complexity index is 365. The lowest BCUT2D eigenvalue weighted by Crippen LogP contribution is -2.29. The van der Waals surface area contributed by atoms with Crippen molar-refractivity contribution in [1.29, 1.82) is 0 Å². The number of carbonyl (C=O) groups is 1. The van der Waals surface area contributed by atoms with E-state index in [1.807, 2.05) is 24.3 Å². The van der Waals surface area contributed by atoms with Gasteiger partial charge in [0.05, 0.1) is 0 Å². The molecule has 0 aliphatic heterocycles. The van der Waals surface area contributed by atoms with Gasteiger partial charge < -0.3 is 10.8 Å². The van der Waals surface area contributed by atoms with Crippen LogP contribution in [0.5, 0.6) is 0 Å². The van der Waals surface area contributed by atoms with Crippen molar-refractivity contribution in [2.24, 2.45) is 5.73 Å². The average Bonchev–Trinajstić information content (AvgIpc) is 2.35. The van der Waals surface area contributed by atoms with E-state index in [0.717, 1.165) is 37.1 Å². The lowest BCUT2D eigenvalue weighted by atomic mass is 10.0. The molecule has 0 amide bonds. The van der Waals surface area contributed by atoms with Gasteiger partial charge in [-0.25, -0.2) is 0 Å². The average molecular weight is 270 g/mol. The molecule has 1 aromatic carbocycles. The number of aryl methyl sites for hydroxylation is 1. The summed E-state index contributed by atoms with van der Waals surface area (Å²) in [4.78, 5) is 10.5. The fraction of sp³-hybridized carbons (Fsp3) is 0.500. The van der Waals surface area contributed by atoms with Crippen molar-refractivity contribution < 1.29 is 9.90 Å². The second kappa shape index (κ2) is 8.11. The predicted molar refractivity (Wildman–Crippen MR) is 73.9 cm³/mol. The maximum atomic E-state index is 10.5. The van der Waals surface area contributed by atoms with Gasteiger partial charge in [-0.3, -0.25) is 4.79 Å². The molecule has 1 unspecified atom stereocenters. The monoisotopic (exact) mass is 269 g/mol. The van der Waals surface area contributed by atoms with Gasteiger partial charge in [0, 0.05) is 5.02 Å². The number of carboxylic acids is 1. The largest absolute Gasteiger partial charge is 0.480 e. The number of halogens is 1. The van der Waals surface area contributed by atoms with Gasteiger partial charge in [-0.05, 0) is 37.0 Å². The molecule has 0 saturated carbocycles. The molecular formula is C14H20ClNO2. The van der Waals surface area contributed by atoms with Crippen molar-refractivity contribution >= 4 is 17.6 Å². The number of benzene rings is 1. The van der Waals surface area contributed by atoms with Gasteiger partial charge in [-0.1, -0.05) is 43.0 Å². The second-order valence-electron chi connectivity index (χ2n) is 4.52. The third-order valence-electron chi connectivity index (χ3n) is 2.96. The number of hydrogen-bond acceptors (Lipinski definition) is 2. The Morgan fingerprint density at radius 1 is 1.17 bits per heavy atom. The summed E-state index contributed by atoms with van der Waals surface area (Å²) in [6.07, 6.45) is 5.75. The SMILES string of the molecule is NC(CCCCCCc1ccc(Cl)cc1)C(=O)O. The molecule has 1 atom stereocenters. The van der Waals surface area contributed by atoms with Crippen molar-refractivity contribution in [3.8, 4) is 0 Å². The van der Waals surface area contributed by atoms with Crippen LogP contribution in [-0.2, 0) is 11.2 Å². The standard InChI is InChI=1S/C14H20ClNO2/c15-12-9-7-11(8-10-12)5-3-1-2-4-6-13(16)14(17)18/h7-10,13H,1-6,16H2,(H,17,18). The van der Waals surface area contributed by atoms with Crippen LogP contribution < -0.4 is 5.73 Å². The molecule has 1 aromatic rings. The first-order valence-electron chi connectivity index (χ1n) is 6.32. The Morgan fingerprint density at radius 3 is 2.39 bits per heavy atom. The molecule has 0 radical (unpaired) electrons. The fourth-order valence-corrected chi connectivity index (χ4v) is 1.95. The molecule has 100 valence electrons. The summed E-state index contributed by atoms with van der Waals surface area (Å²) in [5.74, 6) is -0.906. The number of hydrogen-bond donors (Lipinski definition) is 2. The molecule has 1 rings (SSSR count). The van der Waals surface area contributed by atoms with Crippen molar-refractivity contribution in [1.82, 2.24) is 0 Å². The highest BCUT2D eigenvalue weighted by Crippen LogP contribution is 2.13. The van der Waals surface area contributed by atoms with Gasteiger partial charge in [0.2, 0.25) is 0 Å². The lowest BCUT2D eigenvalue weighted by molar-refractivity contribution is -0.138. The molecule has 0 aromatic heterocycles. The van der Waals surface area contributed by atoms with Crippen molar-refractivity contribution in [2.45, 2.75) is 44.6 Å². The van der Waals surface area contributed by atoms with Crippen molar-refractivity contribution in [3.05, 3.63) is 34.9 Å². The summed E-state index contributed by atoms with van der Waals surface area (Å²) in [5, 5.41) is 9.39. The molecule has 3 N–H and O–H groups in total. The van der Waals surface area contributed by atoms with Gasteiger partial charge in [-0.2, -0.15) is 0 Å². The van der Waals surface area contributed by atoms with Gasteiger partial charge in [0.15, 0.2) is 0 Å². The summed E-state index contributed by atoms with van der Waals surface area (Å²) in [6.45, 7) is 0. The minimum atomic E-state index is -0.906. The first kappa shape index (κ1) is 15.0. The zero-order valence-electron chi connectivity index (χ0n) is 10.4. The van der Waals surface area contributed by atoms with E-state index in [9.17, 15) is 4.79 Å². The van der Waals surface area contributed by atoms with Crippen LogP contribution in [0.15, 0.2) is 24.3 Å². The van der Waals surface area contributed by atoms with Gasteiger partial charge >= 0.3 is 5.97 Å². The summed E-state index contributed by atoms with van der Waals surface area (Å²) >= 11 is 5.81. The molecule has 0 saturated heterocycles. The summed E-state index contributed by atoms with van der Waals surface area (Å²) in [5.41, 5.74) is 6.72. The highest BCUT2D eigenvalue weighted by molar-refractivity contribution is 6.30. The van der Waals surface area contributed by atoms with E-state index in [1.54, 1.807) is 0 Å². The van der Waals surface area contributed by atoms with Crippen LogP contribution in [0.3, 0.4) is 0 Å². The smallest absolute Gasteiger partial charge is 0.320 e. The van der Waals surface area contributed by atoms with Gasteiger partial charge in [0.1, 0.15) is 6.04 Å². The number of rotatable bonds is 8. The van der Waals surface area contributed by atoms with E-state index in [4.69, 9.17) is 22.4 Å². The summed E-state index contributed by atoms with van der Waals surface area (Å²) in [7, 11) is 0. The van der Waals surface area contributed by atoms with E-state index < -0.39 is 12.0 Å². The van der Waals surface area contributed by atoms with E-state index in [2.05, 4.69) is 0 Å². The number of carboxylic acid groups (broad SMARTS) is 1. The van der Waals surface area contributed by atoms with E-state index in [0.29, 0.717) is 6.42 Å². The lowest BCUT2D eigenvalue weighted by Gasteiger charge is -2.06. The Morgan fingerprint density at radius 2 is 1.78 bits per heavy atom. The topological polar surface area (TPSA) is 63.3 Å². The van der Waals surface area contributed by atoms with Crippen molar-refractivity contribution in [2.75, 3.05) is 0 Å². The van der Waals surface area contributed by atoms with E-state index in [-0.39, 0.29) is 0 Å². The zero-order chi connectivity index (χ0) is 13.4. The molecule has 0 spiro atoms. The maximum Gasteiger partial charge on any atom is 0.320 e. The molecule has 0 bridgehead atoms. The molecule has 0 fully saturated rings.